The summed E-state index contributed by atoms with van der Waals surface area (Å²) in [6, 6.07) is 25.1. The third kappa shape index (κ3) is 7.26. The molecule has 0 saturated carbocycles. The fourth-order valence-corrected chi connectivity index (χ4v) is 6.12. The average molecular weight is 588 g/mol. The van der Waals surface area contributed by atoms with Crippen LogP contribution in [0.5, 0.6) is 0 Å². The second-order valence-corrected chi connectivity index (χ2v) is 11.6. The number of likely N-dealkylation sites (tertiary alicyclic amines) is 1. The van der Waals surface area contributed by atoms with Crippen LogP contribution in [0.2, 0.25) is 0 Å². The molecular weight excluding hydrogens is 546 g/mol. The number of anilines is 1. The molecule has 6 rings (SSSR count). The highest BCUT2D eigenvalue weighted by Crippen LogP contribution is 2.42. The van der Waals surface area contributed by atoms with Gasteiger partial charge in [0.25, 0.3) is 0 Å². The summed E-state index contributed by atoms with van der Waals surface area (Å²) >= 11 is 0. The minimum Gasteiger partial charge on any atom is -0.392 e. The van der Waals surface area contributed by atoms with Gasteiger partial charge in [0.15, 0.2) is 12.1 Å². The molecule has 3 heterocycles. The highest BCUT2D eigenvalue weighted by molar-refractivity contribution is 5.89. The van der Waals surface area contributed by atoms with Gasteiger partial charge in [-0.1, -0.05) is 73.7 Å². The van der Waals surface area contributed by atoms with E-state index in [4.69, 9.17) is 18.9 Å². The fraction of sp³-hybridized carbons (Fsp3) is 0.441. The number of benzene rings is 3. The van der Waals surface area contributed by atoms with Crippen LogP contribution in [-0.4, -0.2) is 60.8 Å². The molecule has 1 spiro atoms. The van der Waals surface area contributed by atoms with Crippen molar-refractivity contribution < 1.29 is 28.8 Å². The Labute approximate surface area is 253 Å². The summed E-state index contributed by atoms with van der Waals surface area (Å²) in [5.74, 6) is -0.313. The van der Waals surface area contributed by atoms with Crippen molar-refractivity contribution in [2.24, 2.45) is 5.92 Å². The van der Waals surface area contributed by atoms with E-state index in [0.29, 0.717) is 25.4 Å². The summed E-state index contributed by atoms with van der Waals surface area (Å²) in [6.07, 6.45) is 0.890. The van der Waals surface area contributed by atoms with Gasteiger partial charge in [0.05, 0.1) is 32.0 Å². The van der Waals surface area contributed by atoms with Crippen molar-refractivity contribution in [3.63, 3.8) is 0 Å². The van der Waals surface area contributed by atoms with Gasteiger partial charge in [-0.3, -0.25) is 0 Å². The van der Waals surface area contributed by atoms with Gasteiger partial charge in [-0.15, -0.1) is 0 Å². The maximum Gasteiger partial charge on any atom is 0.319 e. The van der Waals surface area contributed by atoms with Crippen LogP contribution in [0.3, 0.4) is 0 Å². The quantitative estimate of drug-likeness (QED) is 0.336. The predicted molar refractivity (Wildman–Crippen MR) is 162 cm³/mol. The molecule has 0 aliphatic carbocycles. The number of rotatable bonds is 8. The maximum absolute atomic E-state index is 12.5. The zero-order valence-electron chi connectivity index (χ0n) is 24.6. The van der Waals surface area contributed by atoms with E-state index < -0.39 is 12.1 Å². The van der Waals surface area contributed by atoms with Gasteiger partial charge in [-0.25, -0.2) is 4.79 Å². The van der Waals surface area contributed by atoms with E-state index in [1.807, 2.05) is 78.9 Å². The van der Waals surface area contributed by atoms with Crippen LogP contribution in [0, 0.1) is 5.92 Å². The number of carbonyl (C=O) groups excluding carboxylic acids is 1. The molecular formula is C34H41N3O6. The normalized spacial score (nSPS) is 25.4. The first kappa shape index (κ1) is 29.7. The van der Waals surface area contributed by atoms with Crippen LogP contribution < -0.4 is 10.6 Å². The Morgan fingerprint density at radius 2 is 1.56 bits per heavy atom. The molecule has 3 aliphatic heterocycles. The van der Waals surface area contributed by atoms with E-state index in [0.717, 1.165) is 54.7 Å². The van der Waals surface area contributed by atoms with E-state index in [1.54, 1.807) is 0 Å². The van der Waals surface area contributed by atoms with E-state index in [9.17, 15) is 9.90 Å². The lowest BCUT2D eigenvalue weighted by molar-refractivity contribution is -0.278. The van der Waals surface area contributed by atoms with Crippen molar-refractivity contribution in [2.75, 3.05) is 38.2 Å². The van der Waals surface area contributed by atoms with Crippen molar-refractivity contribution in [2.45, 2.75) is 57.2 Å². The third-order valence-electron chi connectivity index (χ3n) is 8.73. The van der Waals surface area contributed by atoms with E-state index in [-0.39, 0.29) is 30.8 Å². The minimum absolute atomic E-state index is 0.00423. The van der Waals surface area contributed by atoms with Gasteiger partial charge >= 0.3 is 6.03 Å². The van der Waals surface area contributed by atoms with Crippen LogP contribution in [0.15, 0.2) is 78.9 Å². The molecule has 4 unspecified atom stereocenters. The first-order valence-electron chi connectivity index (χ1n) is 15.2. The Bertz CT molecular complexity index is 1320. The standard InChI is InChI=1S/C34H41N3O6/c1-24-30(22-37-17-15-34(16-18-37)40-19-20-41-34)42-32(43-31(24)27-9-7-26(23-38)8-10-27)28-11-13-29(14-12-28)36-33(39)35-21-25-5-3-2-4-6-25/h2-14,24,30-32,38H,15-23H2,1H3,(H2,35,36,39). The van der Waals surface area contributed by atoms with E-state index in [1.165, 1.54) is 0 Å². The number of nitrogens with zero attached hydrogens (tertiary/aromatic N) is 1. The molecule has 3 aromatic carbocycles. The summed E-state index contributed by atoms with van der Waals surface area (Å²) < 4.78 is 25.1. The van der Waals surface area contributed by atoms with Gasteiger partial charge < -0.3 is 39.6 Å². The second kappa shape index (κ2) is 13.5. The lowest BCUT2D eigenvalue weighted by Gasteiger charge is -2.44. The molecule has 2 amide bonds. The number of aliphatic hydroxyl groups excluding tert-OH is 1. The molecule has 228 valence electrons. The number of hydrogen-bond acceptors (Lipinski definition) is 7. The molecule has 0 radical (unpaired) electrons. The Morgan fingerprint density at radius 1 is 0.884 bits per heavy atom. The van der Waals surface area contributed by atoms with E-state index >= 15 is 0 Å². The predicted octanol–water partition coefficient (Wildman–Crippen LogP) is 5.13. The summed E-state index contributed by atoms with van der Waals surface area (Å²) in [6.45, 7) is 6.54. The average Bonchev–Trinajstić information content (AvgIpc) is 3.51. The molecule has 4 atom stereocenters. The first-order valence-corrected chi connectivity index (χ1v) is 15.2. The highest BCUT2D eigenvalue weighted by Gasteiger charge is 2.43. The second-order valence-electron chi connectivity index (χ2n) is 11.6. The molecule has 0 aromatic heterocycles. The topological polar surface area (TPSA) is 102 Å². The number of urea groups is 1. The number of ether oxygens (including phenoxy) is 4. The number of aliphatic hydroxyl groups is 1. The van der Waals surface area contributed by atoms with Crippen LogP contribution in [0.1, 0.15) is 54.4 Å². The van der Waals surface area contributed by atoms with Crippen LogP contribution in [0.25, 0.3) is 0 Å². The van der Waals surface area contributed by atoms with Crippen LogP contribution >= 0.6 is 0 Å². The molecule has 3 N–H and O–H groups in total. The van der Waals surface area contributed by atoms with Crippen molar-refractivity contribution >= 4 is 11.7 Å². The summed E-state index contributed by atoms with van der Waals surface area (Å²) in [5, 5.41) is 15.3. The molecule has 0 bridgehead atoms. The number of carbonyl (C=O) groups is 1. The summed E-state index contributed by atoms with van der Waals surface area (Å²) in [7, 11) is 0. The Morgan fingerprint density at radius 3 is 2.23 bits per heavy atom. The molecule has 43 heavy (non-hydrogen) atoms. The number of amides is 2. The minimum atomic E-state index is -0.567. The summed E-state index contributed by atoms with van der Waals surface area (Å²) in [5.41, 5.74) is 4.53. The molecule has 9 nitrogen and oxygen atoms in total. The Kier molecular flexibility index (Phi) is 9.37. The molecule has 9 heteroatoms. The van der Waals surface area contributed by atoms with Gasteiger partial charge in [0, 0.05) is 56.2 Å². The highest BCUT2D eigenvalue weighted by atomic mass is 16.7. The SMILES string of the molecule is CC1C(CN2CCC3(CC2)OCCO3)OC(c2ccc(NC(=O)NCc3ccccc3)cc2)OC1c1ccc(CO)cc1. The first-order chi connectivity index (χ1) is 21.0. The van der Waals surface area contributed by atoms with Gasteiger partial charge in [0.1, 0.15) is 0 Å². The Hall–Kier alpha value is -3.31. The maximum atomic E-state index is 12.5. The van der Waals surface area contributed by atoms with Gasteiger partial charge in [-0.05, 0) is 28.8 Å². The largest absolute Gasteiger partial charge is 0.392 e. The lowest BCUT2D eigenvalue weighted by Crippen LogP contribution is -2.50. The van der Waals surface area contributed by atoms with Crippen molar-refractivity contribution in [3.8, 4) is 0 Å². The molecule has 3 aliphatic rings. The fourth-order valence-electron chi connectivity index (χ4n) is 6.12. The lowest BCUT2D eigenvalue weighted by atomic mass is 9.89. The number of nitrogens with one attached hydrogen (secondary N) is 2. The zero-order valence-corrected chi connectivity index (χ0v) is 24.6. The van der Waals surface area contributed by atoms with Crippen LogP contribution in [0.4, 0.5) is 10.5 Å². The van der Waals surface area contributed by atoms with Crippen molar-refractivity contribution in [1.29, 1.82) is 0 Å². The smallest absolute Gasteiger partial charge is 0.319 e. The van der Waals surface area contributed by atoms with Crippen molar-refractivity contribution in [3.05, 3.63) is 101 Å². The molecule has 3 fully saturated rings. The monoisotopic (exact) mass is 587 g/mol. The third-order valence-corrected chi connectivity index (χ3v) is 8.73. The van der Waals surface area contributed by atoms with Crippen LogP contribution in [-0.2, 0) is 32.1 Å². The zero-order chi connectivity index (χ0) is 29.6. The molecule has 3 saturated heterocycles. The van der Waals surface area contributed by atoms with E-state index in [2.05, 4.69) is 22.5 Å². The molecule has 3 aromatic rings. The number of hydrogen-bond donors (Lipinski definition) is 3. The summed E-state index contributed by atoms with van der Waals surface area (Å²) in [4.78, 5) is 14.9. The van der Waals surface area contributed by atoms with Gasteiger partial charge in [0.2, 0.25) is 0 Å². The van der Waals surface area contributed by atoms with Crippen molar-refractivity contribution in [1.82, 2.24) is 10.2 Å². The Balaban J connectivity index is 1.13. The number of piperidine rings is 1. The van der Waals surface area contributed by atoms with Gasteiger partial charge in [-0.2, -0.15) is 0 Å².